The number of rotatable bonds is 3. The number of carbonyl (C=O) groups excluding carboxylic acids is 1. The molecule has 0 aromatic heterocycles. The summed E-state index contributed by atoms with van der Waals surface area (Å²) in [5.74, 6) is 0.0714. The van der Waals surface area contributed by atoms with Gasteiger partial charge in [0.25, 0.3) is 5.91 Å². The number of fused-ring (bicyclic) bond motifs is 1. The zero-order valence-electron chi connectivity index (χ0n) is 12.0. The van der Waals surface area contributed by atoms with Gasteiger partial charge in [0.1, 0.15) is 0 Å². The fourth-order valence-corrected chi connectivity index (χ4v) is 2.37. The largest absolute Gasteiger partial charge is 0.330 e. The Morgan fingerprint density at radius 1 is 1.37 bits per heavy atom. The quantitative estimate of drug-likeness (QED) is 0.845. The van der Waals surface area contributed by atoms with Crippen LogP contribution in [-0.4, -0.2) is 22.9 Å². The van der Waals surface area contributed by atoms with Crippen LogP contribution < -0.4 is 5.32 Å². The number of nitrogens with zero attached hydrogens (tertiary/aromatic N) is 1. The first-order valence-electron chi connectivity index (χ1n) is 6.69. The zero-order chi connectivity index (χ0) is 14.0. The first-order chi connectivity index (χ1) is 8.93. The average molecular weight is 258 g/mol. The van der Waals surface area contributed by atoms with Gasteiger partial charge in [-0.25, -0.2) is 0 Å². The van der Waals surface area contributed by atoms with E-state index in [0.29, 0.717) is 6.54 Å². The van der Waals surface area contributed by atoms with Gasteiger partial charge in [0, 0.05) is 30.7 Å². The fraction of sp³-hybridized carbons (Fsp3) is 0.438. The molecule has 0 spiro atoms. The van der Waals surface area contributed by atoms with Gasteiger partial charge in [-0.2, -0.15) is 0 Å². The summed E-state index contributed by atoms with van der Waals surface area (Å²) in [5, 5.41) is 3.30. The van der Waals surface area contributed by atoms with Crippen molar-refractivity contribution in [2.45, 2.75) is 39.4 Å². The summed E-state index contributed by atoms with van der Waals surface area (Å²) < 4.78 is 0. The molecule has 0 aliphatic carbocycles. The van der Waals surface area contributed by atoms with Gasteiger partial charge < -0.3 is 10.2 Å². The van der Waals surface area contributed by atoms with Crippen LogP contribution in [0.5, 0.6) is 0 Å². The Bertz CT molecular complexity index is 500. The molecule has 0 bridgehead atoms. The molecule has 1 N–H and O–H groups in total. The van der Waals surface area contributed by atoms with Gasteiger partial charge in [-0.15, -0.1) is 6.58 Å². The van der Waals surface area contributed by atoms with Crippen molar-refractivity contribution >= 4 is 5.91 Å². The van der Waals surface area contributed by atoms with Crippen LogP contribution in [0.4, 0.5) is 0 Å². The van der Waals surface area contributed by atoms with Crippen molar-refractivity contribution in [1.29, 1.82) is 0 Å². The number of carbonyl (C=O) groups is 1. The minimum Gasteiger partial charge on any atom is -0.330 e. The molecule has 0 atom stereocenters. The molecule has 1 aromatic carbocycles. The van der Waals surface area contributed by atoms with Crippen LogP contribution in [0.25, 0.3) is 0 Å². The van der Waals surface area contributed by atoms with E-state index in [1.54, 1.807) is 6.08 Å². The lowest BCUT2D eigenvalue weighted by Crippen LogP contribution is -2.45. The maximum Gasteiger partial charge on any atom is 0.254 e. The van der Waals surface area contributed by atoms with E-state index in [2.05, 4.69) is 18.0 Å². The Morgan fingerprint density at radius 2 is 2.05 bits per heavy atom. The van der Waals surface area contributed by atoms with Gasteiger partial charge in [-0.1, -0.05) is 12.1 Å². The van der Waals surface area contributed by atoms with Crippen molar-refractivity contribution in [2.75, 3.05) is 6.54 Å². The van der Waals surface area contributed by atoms with Gasteiger partial charge >= 0.3 is 0 Å². The highest BCUT2D eigenvalue weighted by atomic mass is 16.2. The number of amides is 1. The van der Waals surface area contributed by atoms with Gasteiger partial charge in [-0.05, 0) is 44.0 Å². The lowest BCUT2D eigenvalue weighted by atomic mass is 10.0. The van der Waals surface area contributed by atoms with Crippen LogP contribution in [0, 0.1) is 0 Å². The Balaban J connectivity index is 2.29. The lowest BCUT2D eigenvalue weighted by molar-refractivity contribution is 0.0616. The van der Waals surface area contributed by atoms with Crippen molar-refractivity contribution in [3.63, 3.8) is 0 Å². The van der Waals surface area contributed by atoms with Crippen molar-refractivity contribution in [1.82, 2.24) is 10.2 Å². The average Bonchev–Trinajstić information content (AvgIpc) is 2.80. The summed E-state index contributed by atoms with van der Waals surface area (Å²) in [6, 6.07) is 5.99. The molecule has 1 heterocycles. The minimum absolute atomic E-state index is 0.0714. The molecule has 0 saturated heterocycles. The molecular weight excluding hydrogens is 236 g/mol. The van der Waals surface area contributed by atoms with E-state index in [-0.39, 0.29) is 11.4 Å². The molecule has 3 nitrogen and oxygen atoms in total. The fourth-order valence-electron chi connectivity index (χ4n) is 2.37. The molecule has 102 valence electrons. The molecule has 0 saturated carbocycles. The molecule has 1 aromatic rings. The zero-order valence-corrected chi connectivity index (χ0v) is 12.0. The summed E-state index contributed by atoms with van der Waals surface area (Å²) in [5.41, 5.74) is 3.09. The highest BCUT2D eigenvalue weighted by Crippen LogP contribution is 2.21. The SMILES string of the molecule is C=CCN(C(=O)c1ccc2c(c1)CNC2)C(C)(C)C. The summed E-state index contributed by atoms with van der Waals surface area (Å²) in [7, 11) is 0. The first kappa shape index (κ1) is 13.8. The smallest absolute Gasteiger partial charge is 0.254 e. The Labute approximate surface area is 115 Å². The second kappa shape index (κ2) is 5.17. The minimum atomic E-state index is -0.206. The predicted octanol–water partition coefficient (Wildman–Crippen LogP) is 2.72. The van der Waals surface area contributed by atoms with Gasteiger partial charge in [-0.3, -0.25) is 4.79 Å². The van der Waals surface area contributed by atoms with Crippen molar-refractivity contribution in [2.24, 2.45) is 0 Å². The van der Waals surface area contributed by atoms with Crippen LogP contribution in [0.3, 0.4) is 0 Å². The lowest BCUT2D eigenvalue weighted by Gasteiger charge is -2.35. The van der Waals surface area contributed by atoms with E-state index in [1.807, 2.05) is 37.8 Å². The van der Waals surface area contributed by atoms with Crippen molar-refractivity contribution in [3.05, 3.63) is 47.5 Å². The second-order valence-electron chi connectivity index (χ2n) is 5.96. The predicted molar refractivity (Wildman–Crippen MR) is 78.0 cm³/mol. The van der Waals surface area contributed by atoms with Crippen molar-refractivity contribution < 1.29 is 4.79 Å². The summed E-state index contributed by atoms with van der Waals surface area (Å²) >= 11 is 0. The number of benzene rings is 1. The highest BCUT2D eigenvalue weighted by Gasteiger charge is 2.26. The van der Waals surface area contributed by atoms with Crippen LogP contribution in [0.15, 0.2) is 30.9 Å². The van der Waals surface area contributed by atoms with E-state index < -0.39 is 0 Å². The Kier molecular flexibility index (Phi) is 3.76. The highest BCUT2D eigenvalue weighted by molar-refractivity contribution is 5.95. The molecule has 0 radical (unpaired) electrons. The third-order valence-electron chi connectivity index (χ3n) is 3.45. The number of hydrogen-bond donors (Lipinski definition) is 1. The number of hydrogen-bond acceptors (Lipinski definition) is 2. The molecule has 19 heavy (non-hydrogen) atoms. The van der Waals surface area contributed by atoms with E-state index in [9.17, 15) is 4.79 Å². The van der Waals surface area contributed by atoms with Gasteiger partial charge in [0.2, 0.25) is 0 Å². The normalized spacial score (nSPS) is 14.1. The molecule has 1 amide bonds. The summed E-state index contributed by atoms with van der Waals surface area (Å²) in [4.78, 5) is 14.5. The maximum atomic E-state index is 12.6. The second-order valence-corrected chi connectivity index (χ2v) is 5.96. The van der Waals surface area contributed by atoms with E-state index in [4.69, 9.17) is 0 Å². The van der Waals surface area contributed by atoms with Crippen LogP contribution >= 0.6 is 0 Å². The first-order valence-corrected chi connectivity index (χ1v) is 6.69. The van der Waals surface area contributed by atoms with Gasteiger partial charge in [0.05, 0.1) is 0 Å². The Morgan fingerprint density at radius 3 is 2.68 bits per heavy atom. The molecule has 0 unspecified atom stereocenters. The van der Waals surface area contributed by atoms with Crippen molar-refractivity contribution in [3.8, 4) is 0 Å². The standard InChI is InChI=1S/C16H22N2O/c1-5-8-18(16(2,3)4)15(19)12-6-7-13-10-17-11-14(13)9-12/h5-7,9,17H,1,8,10-11H2,2-4H3. The van der Waals surface area contributed by atoms with E-state index >= 15 is 0 Å². The summed E-state index contributed by atoms with van der Waals surface area (Å²) in [6.45, 7) is 12.2. The molecular formula is C16H22N2O. The van der Waals surface area contributed by atoms with Crippen LogP contribution in [0.2, 0.25) is 0 Å². The number of nitrogens with one attached hydrogen (secondary N) is 1. The van der Waals surface area contributed by atoms with E-state index in [0.717, 1.165) is 18.7 Å². The molecule has 2 rings (SSSR count). The third-order valence-corrected chi connectivity index (χ3v) is 3.45. The Hall–Kier alpha value is -1.61. The monoisotopic (exact) mass is 258 g/mol. The van der Waals surface area contributed by atoms with Crippen LogP contribution in [-0.2, 0) is 13.1 Å². The van der Waals surface area contributed by atoms with Gasteiger partial charge in [0.15, 0.2) is 0 Å². The molecule has 1 aliphatic heterocycles. The molecule has 1 aliphatic rings. The summed E-state index contributed by atoms with van der Waals surface area (Å²) in [6.07, 6.45) is 1.78. The van der Waals surface area contributed by atoms with E-state index in [1.165, 1.54) is 11.1 Å². The topological polar surface area (TPSA) is 32.3 Å². The molecule has 3 heteroatoms. The third kappa shape index (κ3) is 2.87. The van der Waals surface area contributed by atoms with Crippen LogP contribution in [0.1, 0.15) is 42.3 Å². The molecule has 0 fully saturated rings. The maximum absolute atomic E-state index is 12.6.